The van der Waals surface area contributed by atoms with Crippen molar-refractivity contribution in [3.8, 4) is 10.6 Å². The SMILES string of the molecule is O=C(Nc1nnc(-c2ccccc2)s1)C1(c2ccc(Cl)cc2)CC1. The van der Waals surface area contributed by atoms with Crippen molar-refractivity contribution in [3.63, 3.8) is 0 Å². The summed E-state index contributed by atoms with van der Waals surface area (Å²) in [6, 6.07) is 17.3. The van der Waals surface area contributed by atoms with Crippen LogP contribution in [0.1, 0.15) is 18.4 Å². The number of aromatic nitrogens is 2. The van der Waals surface area contributed by atoms with Crippen molar-refractivity contribution >= 4 is 34.0 Å². The third kappa shape index (κ3) is 2.81. The number of nitrogens with zero attached hydrogens (tertiary/aromatic N) is 2. The summed E-state index contributed by atoms with van der Waals surface area (Å²) in [5, 5.41) is 13.2. The Morgan fingerprint density at radius 1 is 1.04 bits per heavy atom. The topological polar surface area (TPSA) is 54.9 Å². The fourth-order valence-corrected chi connectivity index (χ4v) is 3.60. The third-order valence-electron chi connectivity index (χ3n) is 4.25. The van der Waals surface area contributed by atoms with E-state index in [2.05, 4.69) is 15.5 Å². The molecule has 1 saturated carbocycles. The van der Waals surface area contributed by atoms with E-state index in [9.17, 15) is 4.79 Å². The Balaban J connectivity index is 1.53. The molecule has 3 aromatic rings. The molecular weight excluding hydrogens is 342 g/mol. The largest absolute Gasteiger partial charge is 0.300 e. The van der Waals surface area contributed by atoms with Crippen LogP contribution in [0.2, 0.25) is 5.02 Å². The number of amides is 1. The molecule has 1 N–H and O–H groups in total. The van der Waals surface area contributed by atoms with Gasteiger partial charge in [0.2, 0.25) is 11.0 Å². The molecule has 1 aliphatic rings. The summed E-state index contributed by atoms with van der Waals surface area (Å²) in [5.74, 6) is -0.0272. The number of hydrogen-bond donors (Lipinski definition) is 1. The number of anilines is 1. The zero-order valence-corrected chi connectivity index (χ0v) is 14.3. The molecule has 6 heteroatoms. The molecule has 4 rings (SSSR count). The molecule has 0 spiro atoms. The lowest BCUT2D eigenvalue weighted by molar-refractivity contribution is -0.118. The predicted octanol–water partition coefficient (Wildman–Crippen LogP) is 4.53. The number of hydrogen-bond acceptors (Lipinski definition) is 4. The Kier molecular flexibility index (Phi) is 3.82. The second-order valence-electron chi connectivity index (χ2n) is 5.82. The van der Waals surface area contributed by atoms with E-state index in [4.69, 9.17) is 11.6 Å². The summed E-state index contributed by atoms with van der Waals surface area (Å²) in [6.07, 6.45) is 1.68. The molecule has 4 nitrogen and oxygen atoms in total. The fourth-order valence-electron chi connectivity index (χ4n) is 2.73. The van der Waals surface area contributed by atoms with Gasteiger partial charge in [-0.25, -0.2) is 0 Å². The van der Waals surface area contributed by atoms with Crippen LogP contribution in [0.25, 0.3) is 10.6 Å². The first-order chi connectivity index (χ1) is 11.7. The first kappa shape index (κ1) is 15.3. The molecule has 24 heavy (non-hydrogen) atoms. The standard InChI is InChI=1S/C18H14ClN3OS/c19-14-8-6-13(7-9-14)18(10-11-18)16(23)20-17-22-21-15(24-17)12-4-2-1-3-5-12/h1-9H,10-11H2,(H,20,22,23). The maximum absolute atomic E-state index is 12.7. The maximum Gasteiger partial charge on any atom is 0.236 e. The highest BCUT2D eigenvalue weighted by Crippen LogP contribution is 2.49. The highest BCUT2D eigenvalue weighted by molar-refractivity contribution is 7.18. The van der Waals surface area contributed by atoms with Gasteiger partial charge in [0.15, 0.2) is 0 Å². The van der Waals surface area contributed by atoms with E-state index in [0.29, 0.717) is 10.2 Å². The summed E-state index contributed by atoms with van der Waals surface area (Å²) >= 11 is 7.32. The summed E-state index contributed by atoms with van der Waals surface area (Å²) in [6.45, 7) is 0. The Bertz CT molecular complexity index is 873. The van der Waals surface area contributed by atoms with Crippen molar-refractivity contribution < 1.29 is 4.79 Å². The van der Waals surface area contributed by atoms with Crippen LogP contribution in [0.5, 0.6) is 0 Å². The van der Waals surface area contributed by atoms with E-state index in [1.165, 1.54) is 11.3 Å². The maximum atomic E-state index is 12.7. The van der Waals surface area contributed by atoms with E-state index in [1.54, 1.807) is 0 Å². The minimum atomic E-state index is -0.455. The number of rotatable bonds is 4. The molecule has 0 atom stereocenters. The first-order valence-corrected chi connectivity index (χ1v) is 8.83. The van der Waals surface area contributed by atoms with Gasteiger partial charge in [0.1, 0.15) is 5.01 Å². The van der Waals surface area contributed by atoms with Crippen molar-refractivity contribution in [2.24, 2.45) is 0 Å². The highest BCUT2D eigenvalue weighted by atomic mass is 35.5. The molecule has 2 aromatic carbocycles. The smallest absolute Gasteiger partial charge is 0.236 e. The van der Waals surface area contributed by atoms with Crippen LogP contribution in [0.15, 0.2) is 54.6 Å². The molecule has 1 aliphatic carbocycles. The van der Waals surface area contributed by atoms with Crippen LogP contribution < -0.4 is 5.32 Å². The van der Waals surface area contributed by atoms with Gasteiger partial charge in [-0.15, -0.1) is 10.2 Å². The van der Waals surface area contributed by atoms with Crippen molar-refractivity contribution in [2.75, 3.05) is 5.32 Å². The van der Waals surface area contributed by atoms with Gasteiger partial charge < -0.3 is 0 Å². The normalized spacial score (nSPS) is 15.0. The number of benzene rings is 2. The second-order valence-corrected chi connectivity index (χ2v) is 7.24. The minimum absolute atomic E-state index is 0.0272. The zero-order valence-electron chi connectivity index (χ0n) is 12.7. The van der Waals surface area contributed by atoms with E-state index < -0.39 is 5.41 Å². The molecular formula is C18H14ClN3OS. The molecule has 0 radical (unpaired) electrons. The van der Waals surface area contributed by atoms with Gasteiger partial charge in [-0.1, -0.05) is 65.4 Å². The minimum Gasteiger partial charge on any atom is -0.300 e. The number of nitrogens with one attached hydrogen (secondary N) is 1. The first-order valence-electron chi connectivity index (χ1n) is 7.64. The molecule has 1 aromatic heterocycles. The molecule has 0 saturated heterocycles. The molecule has 1 heterocycles. The molecule has 1 amide bonds. The van der Waals surface area contributed by atoms with Gasteiger partial charge in [0, 0.05) is 10.6 Å². The summed E-state index contributed by atoms with van der Waals surface area (Å²) in [7, 11) is 0. The quantitative estimate of drug-likeness (QED) is 0.748. The van der Waals surface area contributed by atoms with Gasteiger partial charge >= 0.3 is 0 Å². The number of carbonyl (C=O) groups is 1. The molecule has 1 fully saturated rings. The lowest BCUT2D eigenvalue weighted by Gasteiger charge is -2.14. The third-order valence-corrected chi connectivity index (χ3v) is 5.39. The van der Waals surface area contributed by atoms with E-state index in [0.717, 1.165) is 29.0 Å². The average molecular weight is 356 g/mol. The monoisotopic (exact) mass is 355 g/mol. The van der Waals surface area contributed by atoms with Crippen LogP contribution >= 0.6 is 22.9 Å². The average Bonchev–Trinajstić information content (AvgIpc) is 3.30. The second kappa shape index (κ2) is 6.00. The van der Waals surface area contributed by atoms with Crippen molar-refractivity contribution in [1.29, 1.82) is 0 Å². The zero-order chi connectivity index (χ0) is 16.6. The van der Waals surface area contributed by atoms with Gasteiger partial charge in [-0.3, -0.25) is 10.1 Å². The van der Waals surface area contributed by atoms with E-state index >= 15 is 0 Å². The Morgan fingerprint density at radius 3 is 2.42 bits per heavy atom. The summed E-state index contributed by atoms with van der Waals surface area (Å²) in [4.78, 5) is 12.7. The van der Waals surface area contributed by atoms with Crippen molar-refractivity contribution in [2.45, 2.75) is 18.3 Å². The van der Waals surface area contributed by atoms with Crippen LogP contribution in [-0.4, -0.2) is 16.1 Å². The molecule has 0 bridgehead atoms. The van der Waals surface area contributed by atoms with Crippen LogP contribution in [0, 0.1) is 0 Å². The van der Waals surface area contributed by atoms with Gasteiger partial charge in [-0.05, 0) is 30.5 Å². The lowest BCUT2D eigenvalue weighted by Crippen LogP contribution is -2.27. The Labute approximate surface area is 148 Å². The number of carbonyl (C=O) groups excluding carboxylic acids is 1. The van der Waals surface area contributed by atoms with Crippen molar-refractivity contribution in [1.82, 2.24) is 10.2 Å². The number of halogens is 1. The van der Waals surface area contributed by atoms with E-state index in [1.807, 2.05) is 54.6 Å². The fraction of sp³-hybridized carbons (Fsp3) is 0.167. The molecule has 0 unspecified atom stereocenters. The molecule has 120 valence electrons. The van der Waals surface area contributed by atoms with Gasteiger partial charge in [-0.2, -0.15) is 0 Å². The van der Waals surface area contributed by atoms with Gasteiger partial charge in [0.25, 0.3) is 0 Å². The highest BCUT2D eigenvalue weighted by Gasteiger charge is 2.51. The predicted molar refractivity (Wildman–Crippen MR) is 96.3 cm³/mol. The molecule has 0 aliphatic heterocycles. The van der Waals surface area contributed by atoms with Gasteiger partial charge in [0.05, 0.1) is 5.41 Å². The summed E-state index contributed by atoms with van der Waals surface area (Å²) < 4.78 is 0. The van der Waals surface area contributed by atoms with Crippen LogP contribution in [0.3, 0.4) is 0 Å². The summed E-state index contributed by atoms with van der Waals surface area (Å²) in [5.41, 5.74) is 1.54. The Morgan fingerprint density at radius 2 is 1.75 bits per heavy atom. The van der Waals surface area contributed by atoms with Crippen LogP contribution in [-0.2, 0) is 10.2 Å². The van der Waals surface area contributed by atoms with Crippen molar-refractivity contribution in [3.05, 3.63) is 65.2 Å². The van der Waals surface area contributed by atoms with Crippen LogP contribution in [0.4, 0.5) is 5.13 Å². The van der Waals surface area contributed by atoms with E-state index in [-0.39, 0.29) is 5.91 Å². The Hall–Kier alpha value is -2.24. The lowest BCUT2D eigenvalue weighted by atomic mass is 9.95.